The molecule has 23 heavy (non-hydrogen) atoms. The monoisotopic (exact) mass is 298 g/mol. The number of allylic oxidation sites excluding steroid dienone is 1. The van der Waals surface area contributed by atoms with Crippen LogP contribution in [0.2, 0.25) is 0 Å². The molecule has 2 heterocycles. The summed E-state index contributed by atoms with van der Waals surface area (Å²) in [7, 11) is 0. The largest absolute Gasteiger partial charge is 0.341 e. The van der Waals surface area contributed by atoms with Gasteiger partial charge in [-0.3, -0.25) is 4.98 Å². The predicted molar refractivity (Wildman–Crippen MR) is 98.2 cm³/mol. The average molecular weight is 298 g/mol. The zero-order chi connectivity index (χ0) is 15.6. The Morgan fingerprint density at radius 3 is 2.70 bits per heavy atom. The van der Waals surface area contributed by atoms with Gasteiger partial charge in [-0.25, -0.2) is 0 Å². The summed E-state index contributed by atoms with van der Waals surface area (Å²) in [4.78, 5) is 6.80. The van der Waals surface area contributed by atoms with Gasteiger partial charge in [0.2, 0.25) is 0 Å². The van der Waals surface area contributed by atoms with Crippen molar-refractivity contribution in [1.29, 1.82) is 0 Å². The van der Waals surface area contributed by atoms with Crippen LogP contribution in [0.25, 0.3) is 23.1 Å². The maximum absolute atomic E-state index is 4.45. The number of rotatable bonds is 2. The molecular weight excluding hydrogens is 280 g/mol. The molecule has 0 N–H and O–H groups in total. The first kappa shape index (κ1) is 13.8. The SMILES string of the molecule is CCN1/C(=C/c2ccnc3ccccc23)C=Cc2ccccc21. The van der Waals surface area contributed by atoms with Gasteiger partial charge in [-0.05, 0) is 48.4 Å². The van der Waals surface area contributed by atoms with E-state index in [2.05, 4.69) is 83.6 Å². The molecule has 1 aromatic heterocycles. The number of pyridine rings is 1. The van der Waals surface area contributed by atoms with Gasteiger partial charge in [0.15, 0.2) is 0 Å². The van der Waals surface area contributed by atoms with Gasteiger partial charge in [0.1, 0.15) is 0 Å². The van der Waals surface area contributed by atoms with Crippen molar-refractivity contribution < 1.29 is 0 Å². The van der Waals surface area contributed by atoms with Crippen LogP contribution >= 0.6 is 0 Å². The minimum Gasteiger partial charge on any atom is -0.341 e. The quantitative estimate of drug-likeness (QED) is 0.652. The topological polar surface area (TPSA) is 16.1 Å². The lowest BCUT2D eigenvalue weighted by Gasteiger charge is -2.29. The highest BCUT2D eigenvalue weighted by atomic mass is 15.1. The summed E-state index contributed by atoms with van der Waals surface area (Å²) in [6.45, 7) is 3.13. The molecule has 0 bridgehead atoms. The molecule has 4 rings (SSSR count). The molecule has 0 atom stereocenters. The van der Waals surface area contributed by atoms with E-state index in [1.807, 2.05) is 12.3 Å². The Hall–Kier alpha value is -2.87. The third-order valence-corrected chi connectivity index (χ3v) is 4.28. The Kier molecular flexibility index (Phi) is 3.43. The van der Waals surface area contributed by atoms with Crippen LogP contribution < -0.4 is 4.90 Å². The molecule has 2 aromatic carbocycles. The molecule has 1 aliphatic rings. The second-order valence-electron chi connectivity index (χ2n) is 5.62. The van der Waals surface area contributed by atoms with Crippen LogP contribution in [0.5, 0.6) is 0 Å². The molecule has 2 nitrogen and oxygen atoms in total. The molecule has 0 radical (unpaired) electrons. The van der Waals surface area contributed by atoms with Gasteiger partial charge in [-0.1, -0.05) is 42.5 Å². The van der Waals surface area contributed by atoms with E-state index in [4.69, 9.17) is 0 Å². The van der Waals surface area contributed by atoms with Crippen molar-refractivity contribution >= 4 is 28.7 Å². The van der Waals surface area contributed by atoms with E-state index in [0.717, 1.165) is 12.1 Å². The van der Waals surface area contributed by atoms with E-state index >= 15 is 0 Å². The van der Waals surface area contributed by atoms with Gasteiger partial charge in [0.05, 0.1) is 5.52 Å². The van der Waals surface area contributed by atoms with Crippen molar-refractivity contribution in [1.82, 2.24) is 4.98 Å². The van der Waals surface area contributed by atoms with Crippen molar-refractivity contribution in [3.05, 3.63) is 83.7 Å². The van der Waals surface area contributed by atoms with Crippen LogP contribution in [0.15, 0.2) is 72.6 Å². The standard InChI is InChI=1S/C21H18N2/c1-2-23-18(12-11-16-7-3-6-10-21(16)23)15-17-13-14-22-20-9-5-4-8-19(17)20/h3-15H,2H2,1H3/b18-15+. The molecule has 0 spiro atoms. The normalized spacial score (nSPS) is 15.2. The fourth-order valence-corrected chi connectivity index (χ4v) is 3.16. The van der Waals surface area contributed by atoms with Crippen molar-refractivity contribution in [2.45, 2.75) is 6.92 Å². The van der Waals surface area contributed by atoms with Crippen LogP contribution in [-0.2, 0) is 0 Å². The van der Waals surface area contributed by atoms with Gasteiger partial charge in [-0.15, -0.1) is 0 Å². The number of likely N-dealkylation sites (N-methyl/N-ethyl adjacent to an activating group) is 1. The zero-order valence-electron chi connectivity index (χ0n) is 13.1. The van der Waals surface area contributed by atoms with Gasteiger partial charge in [0.25, 0.3) is 0 Å². The maximum atomic E-state index is 4.45. The van der Waals surface area contributed by atoms with Gasteiger partial charge in [0, 0.05) is 29.5 Å². The van der Waals surface area contributed by atoms with Gasteiger partial charge >= 0.3 is 0 Å². The van der Waals surface area contributed by atoms with Crippen LogP contribution in [0, 0.1) is 0 Å². The Balaban J connectivity index is 1.85. The minimum absolute atomic E-state index is 0.941. The highest BCUT2D eigenvalue weighted by Gasteiger charge is 2.15. The summed E-state index contributed by atoms with van der Waals surface area (Å²) in [5.41, 5.74) is 5.98. The summed E-state index contributed by atoms with van der Waals surface area (Å²) in [5.74, 6) is 0. The van der Waals surface area contributed by atoms with Gasteiger partial charge < -0.3 is 4.90 Å². The third kappa shape index (κ3) is 2.42. The summed E-state index contributed by atoms with van der Waals surface area (Å²) in [5, 5.41) is 1.19. The minimum atomic E-state index is 0.941. The summed E-state index contributed by atoms with van der Waals surface area (Å²) >= 11 is 0. The second-order valence-corrected chi connectivity index (χ2v) is 5.62. The molecule has 1 aliphatic heterocycles. The van der Waals surface area contributed by atoms with Crippen LogP contribution in [0.3, 0.4) is 0 Å². The molecular formula is C21H18N2. The number of nitrogens with zero attached hydrogens (tertiary/aromatic N) is 2. The summed E-state index contributed by atoms with van der Waals surface area (Å²) in [6, 6.07) is 18.9. The van der Waals surface area contributed by atoms with E-state index in [0.29, 0.717) is 0 Å². The number of fused-ring (bicyclic) bond motifs is 2. The van der Waals surface area contributed by atoms with Crippen LogP contribution in [0.1, 0.15) is 18.1 Å². The summed E-state index contributed by atoms with van der Waals surface area (Å²) < 4.78 is 0. The fraction of sp³-hybridized carbons (Fsp3) is 0.0952. The Morgan fingerprint density at radius 1 is 0.957 bits per heavy atom. The summed E-state index contributed by atoms with van der Waals surface area (Å²) in [6.07, 6.45) is 8.52. The molecule has 0 saturated carbocycles. The first-order valence-corrected chi connectivity index (χ1v) is 7.97. The highest BCUT2D eigenvalue weighted by Crippen LogP contribution is 2.32. The number of anilines is 1. The maximum Gasteiger partial charge on any atom is 0.0707 e. The molecule has 0 aliphatic carbocycles. The molecule has 112 valence electrons. The molecule has 0 saturated heterocycles. The second kappa shape index (κ2) is 5.73. The number of hydrogen-bond donors (Lipinski definition) is 0. The lowest BCUT2D eigenvalue weighted by Crippen LogP contribution is -2.23. The Morgan fingerprint density at radius 2 is 1.78 bits per heavy atom. The smallest absolute Gasteiger partial charge is 0.0707 e. The van der Waals surface area contributed by atoms with Crippen molar-refractivity contribution in [3.63, 3.8) is 0 Å². The fourth-order valence-electron chi connectivity index (χ4n) is 3.16. The van der Waals surface area contributed by atoms with Crippen LogP contribution in [0.4, 0.5) is 5.69 Å². The Bertz CT molecular complexity index is 917. The van der Waals surface area contributed by atoms with Crippen molar-refractivity contribution in [2.24, 2.45) is 0 Å². The molecule has 0 unspecified atom stereocenters. The molecule has 3 aromatic rings. The van der Waals surface area contributed by atoms with Crippen molar-refractivity contribution in [2.75, 3.05) is 11.4 Å². The molecule has 0 fully saturated rings. The molecule has 0 amide bonds. The first-order chi connectivity index (χ1) is 11.4. The van der Waals surface area contributed by atoms with E-state index < -0.39 is 0 Å². The number of benzene rings is 2. The first-order valence-electron chi connectivity index (χ1n) is 7.97. The van der Waals surface area contributed by atoms with Crippen LogP contribution in [-0.4, -0.2) is 11.5 Å². The lowest BCUT2D eigenvalue weighted by atomic mass is 10.0. The average Bonchev–Trinajstić information content (AvgIpc) is 2.62. The zero-order valence-corrected chi connectivity index (χ0v) is 13.1. The highest BCUT2D eigenvalue weighted by molar-refractivity contribution is 5.90. The Labute approximate surface area is 136 Å². The van der Waals surface area contributed by atoms with E-state index in [1.54, 1.807) is 0 Å². The number of aromatic nitrogens is 1. The number of para-hydroxylation sites is 2. The number of hydrogen-bond acceptors (Lipinski definition) is 2. The predicted octanol–water partition coefficient (Wildman–Crippen LogP) is 5.13. The van der Waals surface area contributed by atoms with E-state index in [9.17, 15) is 0 Å². The van der Waals surface area contributed by atoms with Gasteiger partial charge in [-0.2, -0.15) is 0 Å². The van der Waals surface area contributed by atoms with E-state index in [1.165, 1.54) is 27.9 Å². The third-order valence-electron chi connectivity index (χ3n) is 4.28. The van der Waals surface area contributed by atoms with E-state index in [-0.39, 0.29) is 0 Å². The van der Waals surface area contributed by atoms with Crippen molar-refractivity contribution in [3.8, 4) is 0 Å². The molecule has 2 heteroatoms. The lowest BCUT2D eigenvalue weighted by molar-refractivity contribution is 0.977.